The maximum Gasteiger partial charge on any atom is 0.296 e. The molecule has 0 aromatic heterocycles. The number of hydrogen-bond donors (Lipinski definition) is 0. The van der Waals surface area contributed by atoms with Crippen molar-refractivity contribution in [3.05, 3.63) is 29.8 Å². The van der Waals surface area contributed by atoms with E-state index >= 15 is 0 Å². The second-order valence-corrected chi connectivity index (χ2v) is 12.9. The summed E-state index contributed by atoms with van der Waals surface area (Å²) in [6.07, 6.45) is 23.2. The SMILES string of the molecule is CCCCCCCCCCCCCC[C@H]1CO[C@@H](COCCCCCCOS(=O)(=O)c2ccc(C)cc2)C1. The third-order valence-electron chi connectivity index (χ3n) is 7.66. The molecular weight excluding hydrogens is 496 g/mol. The number of hydrogen-bond acceptors (Lipinski definition) is 5. The lowest BCUT2D eigenvalue weighted by Gasteiger charge is -2.11. The molecule has 0 saturated carbocycles. The van der Waals surface area contributed by atoms with Crippen molar-refractivity contribution in [1.29, 1.82) is 0 Å². The minimum Gasteiger partial charge on any atom is -0.379 e. The molecule has 2 atom stereocenters. The lowest BCUT2D eigenvalue weighted by molar-refractivity contribution is 0.0153. The summed E-state index contributed by atoms with van der Waals surface area (Å²) in [5.41, 5.74) is 1.03. The van der Waals surface area contributed by atoms with Gasteiger partial charge in [0.1, 0.15) is 0 Å². The van der Waals surface area contributed by atoms with Crippen LogP contribution in [0.15, 0.2) is 29.2 Å². The summed E-state index contributed by atoms with van der Waals surface area (Å²) >= 11 is 0. The zero-order valence-corrected chi connectivity index (χ0v) is 25.3. The van der Waals surface area contributed by atoms with Gasteiger partial charge in [-0.3, -0.25) is 4.18 Å². The molecule has 1 fully saturated rings. The van der Waals surface area contributed by atoms with Gasteiger partial charge >= 0.3 is 0 Å². The fraction of sp³-hybridized carbons (Fsp3) is 0.812. The summed E-state index contributed by atoms with van der Waals surface area (Å²) in [7, 11) is -3.65. The van der Waals surface area contributed by atoms with E-state index in [4.69, 9.17) is 13.7 Å². The number of aryl methyl sites for hydroxylation is 1. The van der Waals surface area contributed by atoms with Gasteiger partial charge in [-0.25, -0.2) is 0 Å². The first-order valence-corrected chi connectivity index (χ1v) is 17.1. The van der Waals surface area contributed by atoms with Gasteiger partial charge in [0.05, 0.1) is 24.2 Å². The maximum atomic E-state index is 12.2. The molecule has 0 spiro atoms. The van der Waals surface area contributed by atoms with Gasteiger partial charge in [0.25, 0.3) is 10.1 Å². The van der Waals surface area contributed by atoms with Crippen molar-refractivity contribution in [2.45, 2.75) is 140 Å². The normalized spacial score (nSPS) is 17.8. The minimum atomic E-state index is -3.65. The van der Waals surface area contributed by atoms with E-state index in [1.165, 1.54) is 83.5 Å². The molecular formula is C32H56O5S. The number of unbranched alkanes of at least 4 members (excludes halogenated alkanes) is 14. The fourth-order valence-corrected chi connectivity index (χ4v) is 6.13. The van der Waals surface area contributed by atoms with Crippen molar-refractivity contribution in [3.63, 3.8) is 0 Å². The van der Waals surface area contributed by atoms with Crippen molar-refractivity contribution in [2.24, 2.45) is 5.92 Å². The van der Waals surface area contributed by atoms with Crippen LogP contribution < -0.4 is 0 Å². The molecule has 0 aliphatic carbocycles. The quantitative estimate of drug-likeness (QED) is 0.0947. The highest BCUT2D eigenvalue weighted by molar-refractivity contribution is 7.86. The summed E-state index contributed by atoms with van der Waals surface area (Å²) in [6.45, 7) is 6.79. The van der Waals surface area contributed by atoms with Gasteiger partial charge in [-0.15, -0.1) is 0 Å². The standard InChI is InChI=1S/C32H56O5S/c1-3-4-5-6-7-8-9-10-11-12-13-16-19-30-26-31(36-27-30)28-35-24-17-14-15-18-25-37-38(33,34)32-22-20-29(2)21-23-32/h20-23,30-31H,3-19,24-28H2,1-2H3/t30-,31-/m1/s1. The predicted octanol–water partition coefficient (Wildman–Crippen LogP) is 8.77. The second-order valence-electron chi connectivity index (χ2n) is 11.3. The number of benzene rings is 1. The average molecular weight is 553 g/mol. The second kappa shape index (κ2) is 20.9. The molecule has 38 heavy (non-hydrogen) atoms. The smallest absolute Gasteiger partial charge is 0.296 e. The van der Waals surface area contributed by atoms with E-state index in [0.29, 0.717) is 12.5 Å². The Morgan fingerprint density at radius 1 is 0.763 bits per heavy atom. The van der Waals surface area contributed by atoms with Crippen LogP contribution >= 0.6 is 0 Å². The lowest BCUT2D eigenvalue weighted by Crippen LogP contribution is -2.14. The fourth-order valence-electron chi connectivity index (χ4n) is 5.19. The molecule has 220 valence electrons. The van der Waals surface area contributed by atoms with Crippen LogP contribution in [0.5, 0.6) is 0 Å². The van der Waals surface area contributed by atoms with Gasteiger partial charge in [-0.2, -0.15) is 8.42 Å². The van der Waals surface area contributed by atoms with Crippen LogP contribution in [-0.2, 0) is 23.8 Å². The van der Waals surface area contributed by atoms with E-state index in [1.807, 2.05) is 6.92 Å². The maximum absolute atomic E-state index is 12.2. The van der Waals surface area contributed by atoms with Gasteiger partial charge in [-0.05, 0) is 50.7 Å². The molecule has 1 heterocycles. The highest BCUT2D eigenvalue weighted by atomic mass is 32.2. The van der Waals surface area contributed by atoms with Crippen LogP contribution in [0.4, 0.5) is 0 Å². The zero-order valence-electron chi connectivity index (χ0n) is 24.5. The Kier molecular flexibility index (Phi) is 18.3. The third kappa shape index (κ3) is 15.6. The van der Waals surface area contributed by atoms with Gasteiger partial charge in [-0.1, -0.05) is 115 Å². The first kappa shape index (κ1) is 33.3. The van der Waals surface area contributed by atoms with Crippen molar-refractivity contribution in [1.82, 2.24) is 0 Å². The predicted molar refractivity (Wildman–Crippen MR) is 157 cm³/mol. The topological polar surface area (TPSA) is 61.8 Å². The highest BCUT2D eigenvalue weighted by Gasteiger charge is 2.25. The van der Waals surface area contributed by atoms with E-state index in [-0.39, 0.29) is 17.6 Å². The summed E-state index contributed by atoms with van der Waals surface area (Å²) in [5.74, 6) is 0.711. The molecule has 1 aliphatic heterocycles. The molecule has 1 aromatic rings. The molecule has 1 aromatic carbocycles. The molecule has 1 saturated heterocycles. The van der Waals surface area contributed by atoms with Gasteiger partial charge in [0, 0.05) is 13.2 Å². The van der Waals surface area contributed by atoms with E-state index < -0.39 is 10.1 Å². The highest BCUT2D eigenvalue weighted by Crippen LogP contribution is 2.25. The largest absolute Gasteiger partial charge is 0.379 e. The van der Waals surface area contributed by atoms with Gasteiger partial charge < -0.3 is 9.47 Å². The Morgan fingerprint density at radius 2 is 1.32 bits per heavy atom. The monoisotopic (exact) mass is 552 g/mol. The van der Waals surface area contributed by atoms with Crippen molar-refractivity contribution in [2.75, 3.05) is 26.4 Å². The van der Waals surface area contributed by atoms with Crippen LogP contribution in [0.1, 0.15) is 128 Å². The first-order chi connectivity index (χ1) is 18.5. The lowest BCUT2D eigenvalue weighted by atomic mass is 9.97. The molecule has 0 amide bonds. The molecule has 0 N–H and O–H groups in total. The van der Waals surface area contributed by atoms with E-state index in [0.717, 1.165) is 50.9 Å². The summed E-state index contributed by atoms with van der Waals surface area (Å²) in [5, 5.41) is 0. The minimum absolute atomic E-state index is 0.224. The molecule has 1 aliphatic rings. The van der Waals surface area contributed by atoms with Crippen LogP contribution in [0.25, 0.3) is 0 Å². The van der Waals surface area contributed by atoms with Crippen molar-refractivity contribution < 1.29 is 22.1 Å². The molecule has 5 nitrogen and oxygen atoms in total. The Bertz CT molecular complexity index is 793. The number of rotatable bonds is 24. The van der Waals surface area contributed by atoms with Crippen LogP contribution in [0, 0.1) is 12.8 Å². The summed E-state index contributed by atoms with van der Waals surface area (Å²) in [6, 6.07) is 6.76. The van der Waals surface area contributed by atoms with Crippen molar-refractivity contribution in [3.8, 4) is 0 Å². The summed E-state index contributed by atoms with van der Waals surface area (Å²) < 4.78 is 41.3. The van der Waals surface area contributed by atoms with E-state index in [1.54, 1.807) is 24.3 Å². The van der Waals surface area contributed by atoms with Crippen LogP contribution in [0.2, 0.25) is 0 Å². The van der Waals surface area contributed by atoms with Crippen molar-refractivity contribution >= 4 is 10.1 Å². The zero-order chi connectivity index (χ0) is 27.3. The summed E-state index contributed by atoms with van der Waals surface area (Å²) in [4.78, 5) is 0.224. The van der Waals surface area contributed by atoms with E-state index in [9.17, 15) is 8.42 Å². The Hall–Kier alpha value is -0.950. The molecule has 0 radical (unpaired) electrons. The molecule has 6 heteroatoms. The first-order valence-electron chi connectivity index (χ1n) is 15.7. The van der Waals surface area contributed by atoms with Gasteiger partial charge in [0.2, 0.25) is 0 Å². The number of ether oxygens (including phenoxy) is 2. The van der Waals surface area contributed by atoms with Crippen LogP contribution in [-0.4, -0.2) is 40.9 Å². The Balaban J connectivity index is 1.34. The van der Waals surface area contributed by atoms with E-state index in [2.05, 4.69) is 6.92 Å². The average Bonchev–Trinajstić information content (AvgIpc) is 3.36. The van der Waals surface area contributed by atoms with Crippen LogP contribution in [0.3, 0.4) is 0 Å². The Morgan fingerprint density at radius 3 is 1.95 bits per heavy atom. The molecule has 0 unspecified atom stereocenters. The van der Waals surface area contributed by atoms with Gasteiger partial charge in [0.15, 0.2) is 0 Å². The molecule has 0 bridgehead atoms. The third-order valence-corrected chi connectivity index (χ3v) is 8.99. The Labute approximate surface area is 234 Å². The molecule has 2 rings (SSSR count).